The van der Waals surface area contributed by atoms with E-state index >= 15 is 0 Å². The zero-order chi connectivity index (χ0) is 19.0. The molecule has 0 saturated carbocycles. The van der Waals surface area contributed by atoms with Crippen LogP contribution >= 0.6 is 23.2 Å². The lowest BCUT2D eigenvalue weighted by atomic mass is 9.99. The molecule has 3 aromatic rings. The van der Waals surface area contributed by atoms with Crippen LogP contribution in [0.5, 0.6) is 5.88 Å². The number of nitrogens with zero attached hydrogens (tertiary/aromatic N) is 3. The summed E-state index contributed by atoms with van der Waals surface area (Å²) in [6.45, 7) is 2.99. The van der Waals surface area contributed by atoms with Gasteiger partial charge >= 0.3 is 0 Å². The third-order valence-corrected chi connectivity index (χ3v) is 5.21. The topological polar surface area (TPSA) is 55.3 Å². The highest BCUT2D eigenvalue weighted by atomic mass is 35.5. The lowest BCUT2D eigenvalue weighted by Gasteiger charge is -2.30. The quantitative estimate of drug-likeness (QED) is 0.656. The monoisotopic (exact) mass is 401 g/mol. The number of carbonyl (C=O) groups is 1. The third kappa shape index (κ3) is 3.57. The summed E-state index contributed by atoms with van der Waals surface area (Å²) >= 11 is 12.3. The van der Waals surface area contributed by atoms with Crippen LogP contribution in [0.2, 0.25) is 10.0 Å². The van der Waals surface area contributed by atoms with E-state index < -0.39 is 6.10 Å². The number of benzene rings is 2. The number of hydrogen-bond acceptors (Lipinski definition) is 4. The fourth-order valence-corrected chi connectivity index (χ4v) is 3.86. The maximum Gasteiger partial charge on any atom is 0.263 e. The molecule has 1 amide bonds. The van der Waals surface area contributed by atoms with Crippen molar-refractivity contribution in [3.05, 3.63) is 63.9 Å². The van der Waals surface area contributed by atoms with E-state index in [0.717, 1.165) is 6.42 Å². The van der Waals surface area contributed by atoms with E-state index in [1.54, 1.807) is 19.1 Å². The van der Waals surface area contributed by atoms with Gasteiger partial charge in [0.25, 0.3) is 5.91 Å². The number of ether oxygens (including phenoxy) is 1. The van der Waals surface area contributed by atoms with Crippen LogP contribution in [-0.2, 0) is 17.8 Å². The van der Waals surface area contributed by atoms with Gasteiger partial charge in [0.15, 0.2) is 6.10 Å². The molecule has 7 heteroatoms. The minimum Gasteiger partial charge on any atom is -0.464 e. The molecule has 0 aliphatic carbocycles. The van der Waals surface area contributed by atoms with E-state index in [4.69, 9.17) is 27.9 Å². The van der Waals surface area contributed by atoms with Crippen molar-refractivity contribution < 1.29 is 9.53 Å². The zero-order valence-corrected chi connectivity index (χ0v) is 16.2. The second kappa shape index (κ2) is 7.33. The van der Waals surface area contributed by atoms with Crippen LogP contribution in [-0.4, -0.2) is 33.4 Å². The Morgan fingerprint density at radius 2 is 1.96 bits per heavy atom. The van der Waals surface area contributed by atoms with Gasteiger partial charge in [-0.2, -0.15) is 0 Å². The number of halogens is 2. The Bertz CT molecular complexity index is 1030. The highest BCUT2D eigenvalue weighted by Gasteiger charge is 2.26. The number of amides is 1. The molecule has 1 aliphatic rings. The first-order valence-corrected chi connectivity index (χ1v) is 9.40. The van der Waals surface area contributed by atoms with Crippen molar-refractivity contribution in [2.24, 2.45) is 0 Å². The maximum atomic E-state index is 12.9. The zero-order valence-electron chi connectivity index (χ0n) is 14.7. The summed E-state index contributed by atoms with van der Waals surface area (Å²) in [5.41, 5.74) is 3.01. The molecule has 0 N–H and O–H groups in total. The van der Waals surface area contributed by atoms with Gasteiger partial charge in [0.2, 0.25) is 5.88 Å². The largest absolute Gasteiger partial charge is 0.464 e. The number of carbonyl (C=O) groups excluding carboxylic acids is 1. The smallest absolute Gasteiger partial charge is 0.263 e. The van der Waals surface area contributed by atoms with Gasteiger partial charge in [0, 0.05) is 18.1 Å². The Labute approximate surface area is 166 Å². The van der Waals surface area contributed by atoms with Crippen LogP contribution < -0.4 is 4.74 Å². The van der Waals surface area contributed by atoms with Crippen molar-refractivity contribution in [1.29, 1.82) is 0 Å². The summed E-state index contributed by atoms with van der Waals surface area (Å²) in [5, 5.41) is 1.45. The minimum atomic E-state index is -0.689. The van der Waals surface area contributed by atoms with Crippen LogP contribution in [0.4, 0.5) is 0 Å². The van der Waals surface area contributed by atoms with E-state index in [1.807, 2.05) is 17.0 Å². The summed E-state index contributed by atoms with van der Waals surface area (Å²) in [5.74, 6) is 0.215. The molecule has 0 spiro atoms. The highest BCUT2D eigenvalue weighted by molar-refractivity contribution is 6.38. The van der Waals surface area contributed by atoms with E-state index in [0.29, 0.717) is 39.9 Å². The Kier molecular flexibility index (Phi) is 4.89. The van der Waals surface area contributed by atoms with Crippen LogP contribution in [0.1, 0.15) is 18.1 Å². The van der Waals surface area contributed by atoms with Gasteiger partial charge in [-0.3, -0.25) is 4.79 Å². The average Bonchev–Trinajstić information content (AvgIpc) is 2.67. The SMILES string of the molecule is CC(Oc1ncnc2c(Cl)cc(Cl)cc12)C(=O)N1CCc2ccccc2C1. The number of aromatic nitrogens is 2. The molecule has 4 rings (SSSR count). The molecular weight excluding hydrogens is 385 g/mol. The molecular formula is C20H17Cl2N3O2. The first-order valence-electron chi connectivity index (χ1n) is 8.65. The maximum absolute atomic E-state index is 12.9. The van der Waals surface area contributed by atoms with Crippen molar-refractivity contribution in [3.8, 4) is 5.88 Å². The van der Waals surface area contributed by atoms with Gasteiger partial charge in [0.1, 0.15) is 6.33 Å². The summed E-state index contributed by atoms with van der Waals surface area (Å²) in [7, 11) is 0. The Balaban J connectivity index is 1.55. The normalized spacial score (nSPS) is 14.7. The fourth-order valence-electron chi connectivity index (χ4n) is 3.32. The van der Waals surface area contributed by atoms with Crippen LogP contribution in [0.25, 0.3) is 10.9 Å². The van der Waals surface area contributed by atoms with Gasteiger partial charge in [0.05, 0.1) is 15.9 Å². The summed E-state index contributed by atoms with van der Waals surface area (Å²) in [4.78, 5) is 23.0. The second-order valence-corrected chi connectivity index (χ2v) is 7.34. The molecule has 27 heavy (non-hydrogen) atoms. The highest BCUT2D eigenvalue weighted by Crippen LogP contribution is 2.31. The van der Waals surface area contributed by atoms with Crippen LogP contribution in [0.3, 0.4) is 0 Å². The Hall–Kier alpha value is -2.37. The molecule has 1 aromatic heterocycles. The van der Waals surface area contributed by atoms with E-state index in [2.05, 4.69) is 22.1 Å². The minimum absolute atomic E-state index is 0.0793. The molecule has 0 radical (unpaired) electrons. The van der Waals surface area contributed by atoms with Gasteiger partial charge in [-0.05, 0) is 36.6 Å². The first-order chi connectivity index (χ1) is 13.0. The van der Waals surface area contributed by atoms with E-state index in [1.165, 1.54) is 17.5 Å². The summed E-state index contributed by atoms with van der Waals surface area (Å²) in [6, 6.07) is 11.5. The van der Waals surface area contributed by atoms with E-state index in [9.17, 15) is 4.79 Å². The van der Waals surface area contributed by atoms with Crippen molar-refractivity contribution in [2.45, 2.75) is 26.0 Å². The molecule has 0 saturated heterocycles. The number of rotatable bonds is 3. The van der Waals surface area contributed by atoms with Gasteiger partial charge in [-0.15, -0.1) is 0 Å². The van der Waals surface area contributed by atoms with Crippen molar-refractivity contribution in [1.82, 2.24) is 14.9 Å². The van der Waals surface area contributed by atoms with Crippen molar-refractivity contribution >= 4 is 40.0 Å². The third-order valence-electron chi connectivity index (χ3n) is 4.70. The average molecular weight is 402 g/mol. The standard InChI is InChI=1S/C20H17Cl2N3O2/c1-12(20(26)25-7-6-13-4-2-3-5-14(13)10-25)27-19-16-8-15(21)9-17(22)18(16)23-11-24-19/h2-5,8-9,11-12H,6-7,10H2,1H3. The van der Waals surface area contributed by atoms with E-state index in [-0.39, 0.29) is 5.91 Å². The first kappa shape index (κ1) is 18.0. The molecule has 138 valence electrons. The molecule has 1 aliphatic heterocycles. The molecule has 2 heterocycles. The number of fused-ring (bicyclic) bond motifs is 2. The molecule has 5 nitrogen and oxygen atoms in total. The van der Waals surface area contributed by atoms with Gasteiger partial charge in [-0.25, -0.2) is 9.97 Å². The molecule has 0 fully saturated rings. The second-order valence-electron chi connectivity index (χ2n) is 6.50. The summed E-state index contributed by atoms with van der Waals surface area (Å²) in [6.07, 6.45) is 1.52. The van der Waals surface area contributed by atoms with Gasteiger partial charge < -0.3 is 9.64 Å². The number of hydrogen-bond donors (Lipinski definition) is 0. The predicted molar refractivity (Wildman–Crippen MR) is 105 cm³/mol. The fraction of sp³-hybridized carbons (Fsp3) is 0.250. The summed E-state index contributed by atoms with van der Waals surface area (Å²) < 4.78 is 5.88. The Morgan fingerprint density at radius 3 is 2.78 bits per heavy atom. The molecule has 1 unspecified atom stereocenters. The molecule has 1 atom stereocenters. The van der Waals surface area contributed by atoms with Crippen LogP contribution in [0.15, 0.2) is 42.7 Å². The Morgan fingerprint density at radius 1 is 1.19 bits per heavy atom. The lowest BCUT2D eigenvalue weighted by Crippen LogP contribution is -2.43. The molecule has 0 bridgehead atoms. The van der Waals surface area contributed by atoms with Gasteiger partial charge in [-0.1, -0.05) is 47.5 Å². The molecule has 2 aromatic carbocycles. The van der Waals surface area contributed by atoms with Crippen molar-refractivity contribution in [2.75, 3.05) is 6.54 Å². The lowest BCUT2D eigenvalue weighted by molar-refractivity contribution is -0.139. The van der Waals surface area contributed by atoms with Crippen molar-refractivity contribution in [3.63, 3.8) is 0 Å². The predicted octanol–water partition coefficient (Wildman–Crippen LogP) is 4.29. The van der Waals surface area contributed by atoms with Crippen LogP contribution in [0, 0.1) is 0 Å².